The number of piperidine rings is 1. The van der Waals surface area contributed by atoms with Crippen LogP contribution < -0.4 is 5.56 Å². The van der Waals surface area contributed by atoms with Crippen LogP contribution in [0.4, 0.5) is 0 Å². The number of hydrogen-bond acceptors (Lipinski definition) is 6. The van der Waals surface area contributed by atoms with Gasteiger partial charge in [0.05, 0.1) is 17.7 Å². The minimum Gasteiger partial charge on any atom is -0.449 e. The number of nitrogens with zero attached hydrogens (tertiary/aromatic N) is 5. The molecule has 0 aliphatic carbocycles. The van der Waals surface area contributed by atoms with Crippen molar-refractivity contribution < 1.29 is 4.42 Å². The van der Waals surface area contributed by atoms with Crippen LogP contribution in [0.25, 0.3) is 11.3 Å². The summed E-state index contributed by atoms with van der Waals surface area (Å²) < 4.78 is 7.00. The van der Waals surface area contributed by atoms with Crippen molar-refractivity contribution in [1.29, 1.82) is 0 Å². The lowest BCUT2D eigenvalue weighted by molar-refractivity contribution is 0.164. The van der Waals surface area contributed by atoms with Gasteiger partial charge in [-0.15, -0.1) is 0 Å². The molecule has 0 saturated carbocycles. The van der Waals surface area contributed by atoms with Crippen LogP contribution in [0.3, 0.4) is 0 Å². The van der Waals surface area contributed by atoms with Gasteiger partial charge < -0.3 is 4.42 Å². The van der Waals surface area contributed by atoms with Gasteiger partial charge in [0.25, 0.3) is 5.56 Å². The third-order valence-electron chi connectivity index (χ3n) is 5.07. The molecule has 1 aliphatic heterocycles. The second-order valence-electron chi connectivity index (χ2n) is 7.08. The van der Waals surface area contributed by atoms with Crippen molar-refractivity contribution in [2.24, 2.45) is 5.92 Å². The molecule has 0 aromatic carbocycles. The molecular formula is C20H23N5O2. The lowest BCUT2D eigenvalue weighted by Crippen LogP contribution is -2.36. The smallest absolute Gasteiger partial charge is 0.253 e. The molecule has 0 amide bonds. The van der Waals surface area contributed by atoms with Crippen molar-refractivity contribution in [3.8, 4) is 11.3 Å². The zero-order chi connectivity index (χ0) is 18.6. The number of rotatable bonds is 5. The van der Waals surface area contributed by atoms with Gasteiger partial charge in [-0.1, -0.05) is 0 Å². The summed E-state index contributed by atoms with van der Waals surface area (Å²) in [6.07, 6.45) is 8.94. The van der Waals surface area contributed by atoms with Crippen LogP contribution in [0.2, 0.25) is 0 Å². The fraction of sp³-hybridized carbons (Fsp3) is 0.400. The van der Waals surface area contributed by atoms with Crippen molar-refractivity contribution in [3.63, 3.8) is 0 Å². The Labute approximate surface area is 157 Å². The minimum atomic E-state index is -0.00249. The zero-order valence-electron chi connectivity index (χ0n) is 15.4. The van der Waals surface area contributed by atoms with Crippen molar-refractivity contribution in [3.05, 3.63) is 65.1 Å². The first-order chi connectivity index (χ1) is 13.2. The monoisotopic (exact) mass is 365 g/mol. The van der Waals surface area contributed by atoms with Crippen molar-refractivity contribution in [2.45, 2.75) is 32.9 Å². The molecule has 7 heteroatoms. The molecule has 0 bridgehead atoms. The van der Waals surface area contributed by atoms with Gasteiger partial charge in [-0.3, -0.25) is 19.2 Å². The van der Waals surface area contributed by atoms with Crippen molar-refractivity contribution in [2.75, 3.05) is 13.1 Å². The summed E-state index contributed by atoms with van der Waals surface area (Å²) in [6.45, 7) is 5.43. The highest BCUT2D eigenvalue weighted by Crippen LogP contribution is 2.20. The predicted molar refractivity (Wildman–Crippen MR) is 101 cm³/mol. The number of hydrogen-bond donors (Lipinski definition) is 0. The molecular weight excluding hydrogens is 342 g/mol. The van der Waals surface area contributed by atoms with Gasteiger partial charge in [-0.25, -0.2) is 9.97 Å². The molecule has 0 N–H and O–H groups in total. The highest BCUT2D eigenvalue weighted by molar-refractivity contribution is 5.57. The lowest BCUT2D eigenvalue weighted by atomic mass is 9.96. The average molecular weight is 365 g/mol. The summed E-state index contributed by atoms with van der Waals surface area (Å²) in [6, 6.07) is 5.33. The maximum absolute atomic E-state index is 12.5. The molecule has 0 spiro atoms. The molecule has 0 radical (unpaired) electrons. The third-order valence-corrected chi connectivity index (χ3v) is 5.07. The molecule has 3 aromatic rings. The molecule has 140 valence electrons. The first kappa shape index (κ1) is 17.6. The zero-order valence-corrected chi connectivity index (χ0v) is 15.4. The van der Waals surface area contributed by atoms with E-state index in [0.29, 0.717) is 17.5 Å². The second kappa shape index (κ2) is 7.84. The Morgan fingerprint density at radius 2 is 2.00 bits per heavy atom. The Morgan fingerprint density at radius 1 is 1.22 bits per heavy atom. The van der Waals surface area contributed by atoms with Crippen molar-refractivity contribution in [1.82, 2.24) is 24.4 Å². The summed E-state index contributed by atoms with van der Waals surface area (Å²) in [7, 11) is 0. The molecule has 4 rings (SSSR count). The first-order valence-electron chi connectivity index (χ1n) is 9.27. The van der Waals surface area contributed by atoms with E-state index in [0.717, 1.165) is 50.3 Å². The average Bonchev–Trinajstić information content (AvgIpc) is 3.10. The van der Waals surface area contributed by atoms with E-state index in [2.05, 4.69) is 19.9 Å². The summed E-state index contributed by atoms with van der Waals surface area (Å²) in [5.74, 6) is 1.20. The van der Waals surface area contributed by atoms with Gasteiger partial charge in [0.2, 0.25) is 0 Å². The predicted octanol–water partition coefficient (Wildman–Crippen LogP) is 2.51. The van der Waals surface area contributed by atoms with Crippen LogP contribution in [0.5, 0.6) is 0 Å². The highest BCUT2D eigenvalue weighted by atomic mass is 16.3. The van der Waals surface area contributed by atoms with Gasteiger partial charge >= 0.3 is 0 Å². The Morgan fingerprint density at radius 3 is 2.67 bits per heavy atom. The standard InChI is InChI=1S/C20H23N5O2/c1-15-23-18(13-27-15)12-24-8-4-16(5-9-24)11-25-14-22-19(10-20(25)26)17-2-6-21-7-3-17/h2-3,6-7,10,13-14,16H,4-5,8-9,11-12H2,1H3. The van der Waals surface area contributed by atoms with E-state index in [4.69, 9.17) is 4.42 Å². The van der Waals surface area contributed by atoms with Crippen LogP contribution in [-0.4, -0.2) is 37.5 Å². The van der Waals surface area contributed by atoms with Crippen molar-refractivity contribution >= 4 is 0 Å². The Kier molecular flexibility index (Phi) is 5.11. The minimum absolute atomic E-state index is 0.00249. The van der Waals surface area contributed by atoms with Gasteiger partial charge in [0.1, 0.15) is 6.26 Å². The number of pyridine rings is 1. The van der Waals surface area contributed by atoms with E-state index in [-0.39, 0.29) is 5.56 Å². The van der Waals surface area contributed by atoms with E-state index in [1.54, 1.807) is 35.6 Å². The maximum Gasteiger partial charge on any atom is 0.253 e. The van der Waals surface area contributed by atoms with Crippen LogP contribution in [0.1, 0.15) is 24.4 Å². The van der Waals surface area contributed by atoms with Crippen LogP contribution in [0.15, 0.2) is 52.4 Å². The van der Waals surface area contributed by atoms with E-state index in [9.17, 15) is 4.79 Å². The molecule has 1 fully saturated rings. The quantitative estimate of drug-likeness (QED) is 0.691. The maximum atomic E-state index is 12.5. The summed E-state index contributed by atoms with van der Waals surface area (Å²) in [4.78, 5) is 27.7. The first-order valence-corrected chi connectivity index (χ1v) is 9.27. The largest absolute Gasteiger partial charge is 0.449 e. The van der Waals surface area contributed by atoms with E-state index in [1.807, 2.05) is 19.1 Å². The summed E-state index contributed by atoms with van der Waals surface area (Å²) in [5.41, 5.74) is 2.58. The van der Waals surface area contributed by atoms with Crippen LogP contribution in [0, 0.1) is 12.8 Å². The molecule has 3 aromatic heterocycles. The summed E-state index contributed by atoms with van der Waals surface area (Å²) in [5, 5.41) is 0. The fourth-order valence-electron chi connectivity index (χ4n) is 3.56. The molecule has 0 unspecified atom stereocenters. The van der Waals surface area contributed by atoms with E-state index >= 15 is 0 Å². The molecule has 1 aliphatic rings. The van der Waals surface area contributed by atoms with E-state index < -0.39 is 0 Å². The molecule has 0 atom stereocenters. The van der Waals surface area contributed by atoms with Crippen LogP contribution >= 0.6 is 0 Å². The van der Waals surface area contributed by atoms with Gasteiger partial charge in [-0.2, -0.15) is 0 Å². The van der Waals surface area contributed by atoms with Gasteiger partial charge in [0.15, 0.2) is 5.89 Å². The third kappa shape index (κ3) is 4.31. The number of oxazole rings is 1. The molecule has 1 saturated heterocycles. The van der Waals surface area contributed by atoms with Gasteiger partial charge in [0, 0.05) is 44.0 Å². The molecule has 27 heavy (non-hydrogen) atoms. The number of likely N-dealkylation sites (tertiary alicyclic amines) is 1. The highest BCUT2D eigenvalue weighted by Gasteiger charge is 2.21. The molecule has 4 heterocycles. The number of aryl methyl sites for hydroxylation is 1. The van der Waals surface area contributed by atoms with Gasteiger partial charge in [-0.05, 0) is 44.0 Å². The fourth-order valence-corrected chi connectivity index (χ4v) is 3.56. The lowest BCUT2D eigenvalue weighted by Gasteiger charge is -2.31. The molecule has 7 nitrogen and oxygen atoms in total. The van der Waals surface area contributed by atoms with E-state index in [1.165, 1.54) is 0 Å². The van der Waals surface area contributed by atoms with Crippen LogP contribution in [-0.2, 0) is 13.1 Å². The SMILES string of the molecule is Cc1nc(CN2CCC(Cn3cnc(-c4ccncc4)cc3=O)CC2)co1. The summed E-state index contributed by atoms with van der Waals surface area (Å²) >= 11 is 0. The number of aromatic nitrogens is 4. The Hall–Kier alpha value is -2.80. The second-order valence-corrected chi connectivity index (χ2v) is 7.08. The normalized spacial score (nSPS) is 15.9. The Bertz CT molecular complexity index is 942. The Balaban J connectivity index is 1.34. The topological polar surface area (TPSA) is 77.1 Å².